The van der Waals surface area contributed by atoms with Crippen molar-refractivity contribution in [1.29, 1.82) is 0 Å². The molecule has 3 nitrogen and oxygen atoms in total. The van der Waals surface area contributed by atoms with E-state index in [0.717, 1.165) is 39.3 Å². The van der Waals surface area contributed by atoms with Gasteiger partial charge in [0, 0.05) is 5.56 Å². The lowest BCUT2D eigenvalue weighted by Gasteiger charge is -2.12. The number of aromatic nitrogens is 2. The minimum Gasteiger partial charge on any atom is -0.489 e. The summed E-state index contributed by atoms with van der Waals surface area (Å²) in [5, 5.41) is 0. The number of ether oxygens (including phenoxy) is 1. The van der Waals surface area contributed by atoms with Crippen LogP contribution in [0.5, 0.6) is 5.75 Å². The third-order valence-electron chi connectivity index (χ3n) is 4.38. The van der Waals surface area contributed by atoms with E-state index in [9.17, 15) is 0 Å². The molecule has 0 aliphatic heterocycles. The Morgan fingerprint density at radius 2 is 1.56 bits per heavy atom. The van der Waals surface area contributed by atoms with Crippen LogP contribution < -0.4 is 4.74 Å². The molecule has 0 aliphatic carbocycles. The fourth-order valence-corrected chi connectivity index (χ4v) is 3.19. The highest BCUT2D eigenvalue weighted by Crippen LogP contribution is 2.30. The third-order valence-corrected chi connectivity index (χ3v) is 4.38. The van der Waals surface area contributed by atoms with Crippen LogP contribution in [0, 0.1) is 13.8 Å². The van der Waals surface area contributed by atoms with E-state index in [0.29, 0.717) is 6.61 Å². The van der Waals surface area contributed by atoms with Gasteiger partial charge in [0.15, 0.2) is 0 Å². The fraction of sp³-hybridized carbons (Fsp3) is 0.136. The highest BCUT2D eigenvalue weighted by molar-refractivity contribution is 5.80. The number of para-hydroxylation sites is 2. The summed E-state index contributed by atoms with van der Waals surface area (Å²) in [6.45, 7) is 4.78. The van der Waals surface area contributed by atoms with Crippen LogP contribution in [-0.4, -0.2) is 9.97 Å². The smallest absolute Gasteiger partial charge is 0.139 e. The average molecular weight is 328 g/mol. The van der Waals surface area contributed by atoms with Crippen molar-refractivity contribution in [2.75, 3.05) is 0 Å². The zero-order chi connectivity index (χ0) is 17.2. The van der Waals surface area contributed by atoms with Crippen LogP contribution in [0.15, 0.2) is 66.7 Å². The Bertz CT molecular complexity index is 963. The van der Waals surface area contributed by atoms with Gasteiger partial charge in [0.2, 0.25) is 0 Å². The second-order valence-electron chi connectivity index (χ2n) is 6.31. The lowest BCUT2D eigenvalue weighted by Crippen LogP contribution is -1.98. The van der Waals surface area contributed by atoms with Crippen molar-refractivity contribution in [1.82, 2.24) is 9.97 Å². The van der Waals surface area contributed by atoms with Gasteiger partial charge in [-0.3, -0.25) is 0 Å². The van der Waals surface area contributed by atoms with Crippen LogP contribution in [0.25, 0.3) is 22.4 Å². The number of hydrogen-bond acceptors (Lipinski definition) is 2. The van der Waals surface area contributed by atoms with Crippen LogP contribution in [-0.2, 0) is 6.61 Å². The molecule has 1 aromatic heterocycles. The van der Waals surface area contributed by atoms with Gasteiger partial charge in [-0.1, -0.05) is 42.5 Å². The number of rotatable bonds is 4. The standard InChI is InChI=1S/C22H20N2O/c1-15-12-18(25-14-17-8-4-3-5-9-17)13-16(2)21(15)22-23-19-10-6-7-11-20(19)24-22/h3-13H,14H2,1-2H3,(H,23,24). The van der Waals surface area contributed by atoms with E-state index in [2.05, 4.69) is 43.1 Å². The first-order valence-corrected chi connectivity index (χ1v) is 8.44. The van der Waals surface area contributed by atoms with Gasteiger partial charge < -0.3 is 9.72 Å². The van der Waals surface area contributed by atoms with Crippen LogP contribution >= 0.6 is 0 Å². The molecule has 124 valence electrons. The second kappa shape index (κ2) is 6.44. The number of benzene rings is 3. The summed E-state index contributed by atoms with van der Waals surface area (Å²) >= 11 is 0. The highest BCUT2D eigenvalue weighted by atomic mass is 16.5. The maximum atomic E-state index is 5.97. The van der Waals surface area contributed by atoms with E-state index in [1.165, 1.54) is 5.56 Å². The van der Waals surface area contributed by atoms with Crippen molar-refractivity contribution >= 4 is 11.0 Å². The molecule has 4 aromatic rings. The van der Waals surface area contributed by atoms with Crippen molar-refractivity contribution < 1.29 is 4.74 Å². The number of nitrogens with one attached hydrogen (secondary N) is 1. The molecule has 1 heterocycles. The fourth-order valence-electron chi connectivity index (χ4n) is 3.19. The molecule has 4 rings (SSSR count). The van der Waals surface area contributed by atoms with E-state index in [1.807, 2.05) is 42.5 Å². The summed E-state index contributed by atoms with van der Waals surface area (Å²) in [7, 11) is 0. The molecular weight excluding hydrogens is 308 g/mol. The zero-order valence-electron chi connectivity index (χ0n) is 14.4. The average Bonchev–Trinajstić information content (AvgIpc) is 3.04. The minimum atomic E-state index is 0.573. The predicted molar refractivity (Wildman–Crippen MR) is 102 cm³/mol. The lowest BCUT2D eigenvalue weighted by atomic mass is 10.0. The predicted octanol–water partition coefficient (Wildman–Crippen LogP) is 5.43. The molecule has 0 saturated carbocycles. The van der Waals surface area contributed by atoms with Crippen molar-refractivity contribution in [3.05, 3.63) is 83.4 Å². The van der Waals surface area contributed by atoms with E-state index in [1.54, 1.807) is 0 Å². The molecule has 3 heteroatoms. The molecule has 25 heavy (non-hydrogen) atoms. The minimum absolute atomic E-state index is 0.573. The maximum Gasteiger partial charge on any atom is 0.139 e. The van der Waals surface area contributed by atoms with E-state index in [4.69, 9.17) is 9.72 Å². The van der Waals surface area contributed by atoms with Crippen LogP contribution in [0.2, 0.25) is 0 Å². The van der Waals surface area contributed by atoms with Gasteiger partial charge in [0.05, 0.1) is 11.0 Å². The van der Waals surface area contributed by atoms with Crippen LogP contribution in [0.1, 0.15) is 16.7 Å². The quantitative estimate of drug-likeness (QED) is 0.543. The Labute approximate surface area is 147 Å². The van der Waals surface area contributed by atoms with Gasteiger partial charge in [-0.15, -0.1) is 0 Å². The first-order chi connectivity index (χ1) is 12.2. The number of fused-ring (bicyclic) bond motifs is 1. The van der Waals surface area contributed by atoms with E-state index >= 15 is 0 Å². The van der Waals surface area contributed by atoms with Gasteiger partial charge in [-0.2, -0.15) is 0 Å². The van der Waals surface area contributed by atoms with Gasteiger partial charge in [-0.05, 0) is 54.8 Å². The Kier molecular flexibility index (Phi) is 3.98. The maximum absolute atomic E-state index is 5.97. The van der Waals surface area contributed by atoms with Crippen molar-refractivity contribution in [2.45, 2.75) is 20.5 Å². The molecule has 0 bridgehead atoms. The van der Waals surface area contributed by atoms with Crippen LogP contribution in [0.3, 0.4) is 0 Å². The molecular formula is C22H20N2O. The normalized spacial score (nSPS) is 11.0. The summed E-state index contributed by atoms with van der Waals surface area (Å²) < 4.78 is 5.97. The molecule has 0 spiro atoms. The molecule has 0 saturated heterocycles. The van der Waals surface area contributed by atoms with Crippen molar-refractivity contribution in [3.63, 3.8) is 0 Å². The highest BCUT2D eigenvalue weighted by Gasteiger charge is 2.12. The first-order valence-electron chi connectivity index (χ1n) is 8.44. The molecule has 0 unspecified atom stereocenters. The second-order valence-corrected chi connectivity index (χ2v) is 6.31. The molecule has 0 radical (unpaired) electrons. The summed E-state index contributed by atoms with van der Waals surface area (Å²) in [6, 6.07) is 22.5. The summed E-state index contributed by atoms with van der Waals surface area (Å²) in [6.07, 6.45) is 0. The summed E-state index contributed by atoms with van der Waals surface area (Å²) in [4.78, 5) is 8.15. The zero-order valence-corrected chi connectivity index (χ0v) is 14.4. The molecule has 3 aromatic carbocycles. The molecule has 0 aliphatic rings. The lowest BCUT2D eigenvalue weighted by molar-refractivity contribution is 0.306. The number of nitrogens with zero attached hydrogens (tertiary/aromatic N) is 1. The van der Waals surface area contributed by atoms with Crippen molar-refractivity contribution in [3.8, 4) is 17.1 Å². The number of aromatic amines is 1. The third kappa shape index (κ3) is 3.13. The van der Waals surface area contributed by atoms with E-state index < -0.39 is 0 Å². The summed E-state index contributed by atoms with van der Waals surface area (Å²) in [5.74, 6) is 1.80. The topological polar surface area (TPSA) is 37.9 Å². The molecule has 0 fully saturated rings. The molecule has 0 amide bonds. The van der Waals surface area contributed by atoms with E-state index in [-0.39, 0.29) is 0 Å². The SMILES string of the molecule is Cc1cc(OCc2ccccc2)cc(C)c1-c1nc2ccccc2[nH]1. The number of imidazole rings is 1. The molecule has 1 N–H and O–H groups in total. The largest absolute Gasteiger partial charge is 0.489 e. The Balaban J connectivity index is 1.64. The van der Waals surface area contributed by atoms with Crippen LogP contribution in [0.4, 0.5) is 0 Å². The Morgan fingerprint density at radius 3 is 2.28 bits per heavy atom. The number of hydrogen-bond donors (Lipinski definition) is 1. The molecule has 0 atom stereocenters. The monoisotopic (exact) mass is 328 g/mol. The summed E-state index contributed by atoms with van der Waals surface area (Å²) in [5.41, 5.74) is 6.66. The Morgan fingerprint density at radius 1 is 0.880 bits per heavy atom. The van der Waals surface area contributed by atoms with Crippen molar-refractivity contribution in [2.24, 2.45) is 0 Å². The Hall–Kier alpha value is -3.07. The van der Waals surface area contributed by atoms with Gasteiger partial charge in [-0.25, -0.2) is 4.98 Å². The van der Waals surface area contributed by atoms with Gasteiger partial charge in [0.25, 0.3) is 0 Å². The number of aryl methyl sites for hydroxylation is 2. The van der Waals surface area contributed by atoms with Gasteiger partial charge >= 0.3 is 0 Å². The van der Waals surface area contributed by atoms with Gasteiger partial charge in [0.1, 0.15) is 18.2 Å². The first kappa shape index (κ1) is 15.5. The number of H-pyrrole nitrogens is 1.